The van der Waals surface area contributed by atoms with Gasteiger partial charge >= 0.3 is 0 Å². The molecule has 80 valence electrons. The zero-order valence-corrected chi connectivity index (χ0v) is 10.3. The fourth-order valence-corrected chi connectivity index (χ4v) is 1.68. The molecule has 0 saturated carbocycles. The van der Waals surface area contributed by atoms with Gasteiger partial charge in [0.2, 0.25) is 0 Å². The lowest BCUT2D eigenvalue weighted by Gasteiger charge is -2.12. The van der Waals surface area contributed by atoms with Crippen LogP contribution in [0.25, 0.3) is 0 Å². The maximum atomic E-state index is 2.30. The van der Waals surface area contributed by atoms with Gasteiger partial charge in [0.1, 0.15) is 0 Å². The molecule has 0 fully saturated rings. The van der Waals surface area contributed by atoms with Crippen LogP contribution in [0.5, 0.6) is 0 Å². The lowest BCUT2D eigenvalue weighted by atomic mass is 9.93. The Balaban J connectivity index is 0.000000791. The summed E-state index contributed by atoms with van der Waals surface area (Å²) in [7, 11) is 0. The third kappa shape index (κ3) is 3.95. The van der Waals surface area contributed by atoms with E-state index in [-0.39, 0.29) is 0 Å². The largest absolute Gasteiger partial charge is 0.0683 e. The monoisotopic (exact) mass is 192 g/mol. The summed E-state index contributed by atoms with van der Waals surface area (Å²) in [4.78, 5) is 0. The van der Waals surface area contributed by atoms with Crippen molar-refractivity contribution >= 4 is 0 Å². The van der Waals surface area contributed by atoms with Crippen molar-refractivity contribution in [2.45, 2.75) is 53.4 Å². The van der Waals surface area contributed by atoms with E-state index in [2.05, 4.69) is 45.0 Å². The number of aryl methyl sites for hydroxylation is 1. The first-order chi connectivity index (χ1) is 6.77. The Morgan fingerprint density at radius 3 is 2.07 bits per heavy atom. The molecular weight excluding hydrogens is 168 g/mol. The molecule has 0 nitrogen and oxygen atoms in total. The van der Waals surface area contributed by atoms with Gasteiger partial charge in [0, 0.05) is 0 Å². The van der Waals surface area contributed by atoms with Crippen LogP contribution in [0, 0.1) is 6.92 Å². The van der Waals surface area contributed by atoms with E-state index < -0.39 is 0 Å². The molecule has 0 heterocycles. The summed E-state index contributed by atoms with van der Waals surface area (Å²) in [5.74, 6) is 0.755. The van der Waals surface area contributed by atoms with Crippen molar-refractivity contribution in [2.24, 2.45) is 0 Å². The summed E-state index contributed by atoms with van der Waals surface area (Å²) >= 11 is 0. The number of hydrogen-bond acceptors (Lipinski definition) is 0. The van der Waals surface area contributed by atoms with Crippen LogP contribution >= 0.6 is 0 Å². The summed E-state index contributed by atoms with van der Waals surface area (Å²) in [6.45, 7) is 10.7. The summed E-state index contributed by atoms with van der Waals surface area (Å²) in [5.41, 5.74) is 2.87. The second-order valence-electron chi connectivity index (χ2n) is 3.43. The first-order valence-electron chi connectivity index (χ1n) is 5.84. The second kappa shape index (κ2) is 7.61. The molecule has 0 atom stereocenters. The molecule has 14 heavy (non-hydrogen) atoms. The van der Waals surface area contributed by atoms with Gasteiger partial charge in [-0.05, 0) is 31.2 Å². The molecule has 0 amide bonds. The predicted molar refractivity (Wildman–Crippen MR) is 65.9 cm³/mol. The van der Waals surface area contributed by atoms with E-state index in [0.717, 1.165) is 5.92 Å². The lowest BCUT2D eigenvalue weighted by Crippen LogP contribution is -1.94. The predicted octanol–water partition coefficient (Wildman–Crippen LogP) is 4.92. The van der Waals surface area contributed by atoms with Crippen LogP contribution in [0.4, 0.5) is 0 Å². The second-order valence-corrected chi connectivity index (χ2v) is 3.43. The Bertz CT molecular complexity index is 234. The quantitative estimate of drug-likeness (QED) is 0.637. The van der Waals surface area contributed by atoms with Crippen molar-refractivity contribution in [3.8, 4) is 0 Å². The molecule has 1 aromatic rings. The molecule has 0 aliphatic heterocycles. The van der Waals surface area contributed by atoms with Gasteiger partial charge in [-0.15, -0.1) is 0 Å². The van der Waals surface area contributed by atoms with E-state index in [1.54, 1.807) is 0 Å². The van der Waals surface area contributed by atoms with Gasteiger partial charge in [-0.2, -0.15) is 0 Å². The Morgan fingerprint density at radius 2 is 1.64 bits per heavy atom. The Hall–Kier alpha value is -0.780. The molecule has 0 aliphatic carbocycles. The minimum absolute atomic E-state index is 0.755. The highest BCUT2D eigenvalue weighted by Gasteiger charge is 2.05. The van der Waals surface area contributed by atoms with Crippen molar-refractivity contribution in [1.29, 1.82) is 0 Å². The van der Waals surface area contributed by atoms with Crippen molar-refractivity contribution in [2.75, 3.05) is 0 Å². The average Bonchev–Trinajstić information content (AvgIpc) is 2.23. The minimum atomic E-state index is 0.755. The molecule has 0 aliphatic rings. The topological polar surface area (TPSA) is 0 Å². The van der Waals surface area contributed by atoms with Crippen LogP contribution < -0.4 is 0 Å². The maximum Gasteiger partial charge on any atom is -0.0167 e. The van der Waals surface area contributed by atoms with Crippen LogP contribution in [0.15, 0.2) is 24.3 Å². The molecule has 0 saturated heterocycles. The third-order valence-corrected chi connectivity index (χ3v) is 2.50. The minimum Gasteiger partial charge on any atom is -0.0683 e. The maximum absolute atomic E-state index is 2.30. The van der Waals surface area contributed by atoms with Crippen LogP contribution in [0.1, 0.15) is 57.6 Å². The van der Waals surface area contributed by atoms with Crippen molar-refractivity contribution in [3.63, 3.8) is 0 Å². The lowest BCUT2D eigenvalue weighted by molar-refractivity contribution is 0.641. The van der Waals surface area contributed by atoms with E-state index in [0.29, 0.717) is 0 Å². The summed E-state index contributed by atoms with van der Waals surface area (Å²) < 4.78 is 0. The number of rotatable bonds is 3. The van der Waals surface area contributed by atoms with E-state index in [1.165, 1.54) is 24.0 Å². The fraction of sp³-hybridized carbons (Fsp3) is 0.571. The van der Waals surface area contributed by atoms with Crippen LogP contribution in [0.2, 0.25) is 0 Å². The molecule has 0 N–H and O–H groups in total. The highest BCUT2D eigenvalue weighted by atomic mass is 14.1. The Labute approximate surface area is 89.4 Å². The zero-order valence-electron chi connectivity index (χ0n) is 10.3. The number of benzene rings is 1. The molecule has 0 bridgehead atoms. The molecule has 1 rings (SSSR count). The van der Waals surface area contributed by atoms with Crippen molar-refractivity contribution < 1.29 is 0 Å². The zero-order chi connectivity index (χ0) is 11.0. The van der Waals surface area contributed by atoms with Gasteiger partial charge in [-0.3, -0.25) is 0 Å². The summed E-state index contributed by atoms with van der Waals surface area (Å²) in [5, 5.41) is 0. The van der Waals surface area contributed by atoms with Crippen molar-refractivity contribution in [1.82, 2.24) is 0 Å². The summed E-state index contributed by atoms with van der Waals surface area (Å²) in [6.07, 6.45) is 2.50. The van der Waals surface area contributed by atoms with E-state index >= 15 is 0 Å². The van der Waals surface area contributed by atoms with Crippen LogP contribution in [0.3, 0.4) is 0 Å². The Morgan fingerprint density at radius 1 is 1.07 bits per heavy atom. The van der Waals surface area contributed by atoms with E-state index in [9.17, 15) is 0 Å². The molecular formula is C14H24. The molecule has 0 aromatic heterocycles. The smallest absolute Gasteiger partial charge is 0.0167 e. The normalized spacial score (nSPS) is 9.57. The Kier molecular flexibility index (Phi) is 7.18. The fourth-order valence-electron chi connectivity index (χ4n) is 1.68. The van der Waals surface area contributed by atoms with Crippen LogP contribution in [-0.2, 0) is 0 Å². The van der Waals surface area contributed by atoms with Crippen LogP contribution in [-0.4, -0.2) is 0 Å². The van der Waals surface area contributed by atoms with Gasteiger partial charge in [0.05, 0.1) is 0 Å². The molecule has 0 heteroatoms. The van der Waals surface area contributed by atoms with Gasteiger partial charge in [0.25, 0.3) is 0 Å². The first-order valence-corrected chi connectivity index (χ1v) is 5.84. The van der Waals surface area contributed by atoms with Gasteiger partial charge in [-0.25, -0.2) is 0 Å². The van der Waals surface area contributed by atoms with Gasteiger partial charge < -0.3 is 0 Å². The molecule has 1 aromatic carbocycles. The SMILES string of the molecule is CC.CCC(CC)c1cccc(C)c1. The standard InChI is InChI=1S/C12H18.C2H6/c1-4-11(5-2)12-8-6-7-10(3)9-12;1-2/h6-9,11H,4-5H2,1-3H3;1-2H3. The van der Waals surface area contributed by atoms with Gasteiger partial charge in [-0.1, -0.05) is 57.5 Å². The molecule has 0 unspecified atom stereocenters. The van der Waals surface area contributed by atoms with E-state index in [4.69, 9.17) is 0 Å². The highest BCUT2D eigenvalue weighted by Crippen LogP contribution is 2.23. The number of hydrogen-bond donors (Lipinski definition) is 0. The van der Waals surface area contributed by atoms with E-state index in [1.807, 2.05) is 13.8 Å². The third-order valence-electron chi connectivity index (χ3n) is 2.50. The first kappa shape index (κ1) is 13.2. The molecule has 0 radical (unpaired) electrons. The summed E-state index contributed by atoms with van der Waals surface area (Å²) in [6, 6.07) is 8.86. The van der Waals surface area contributed by atoms with Gasteiger partial charge in [0.15, 0.2) is 0 Å². The highest BCUT2D eigenvalue weighted by molar-refractivity contribution is 5.25. The van der Waals surface area contributed by atoms with Crippen molar-refractivity contribution in [3.05, 3.63) is 35.4 Å². The molecule has 0 spiro atoms. The average molecular weight is 192 g/mol.